The molecule has 0 amide bonds. The van der Waals surface area contributed by atoms with Gasteiger partial charge in [0.25, 0.3) is 0 Å². The van der Waals surface area contributed by atoms with Crippen LogP contribution in [0.3, 0.4) is 0 Å². The summed E-state index contributed by atoms with van der Waals surface area (Å²) in [5.41, 5.74) is 4.30. The number of para-hydroxylation sites is 1. The van der Waals surface area contributed by atoms with E-state index in [2.05, 4.69) is 4.98 Å². The number of carbonyl (C=O) groups is 1. The quantitative estimate of drug-likeness (QED) is 0.593. The van der Waals surface area contributed by atoms with Crippen molar-refractivity contribution in [3.8, 4) is 0 Å². The van der Waals surface area contributed by atoms with Crippen molar-refractivity contribution < 1.29 is 14.5 Å². The number of thiazole rings is 1. The predicted octanol–water partition coefficient (Wildman–Crippen LogP) is 2.25. The average Bonchev–Trinajstić information content (AvgIpc) is 3.12. The van der Waals surface area contributed by atoms with Gasteiger partial charge in [0.1, 0.15) is 5.01 Å². The van der Waals surface area contributed by atoms with Crippen LogP contribution in [0.2, 0.25) is 0 Å². The number of ketones is 1. The molecule has 0 fully saturated rings. The summed E-state index contributed by atoms with van der Waals surface area (Å²) >= 11 is 1.55. The van der Waals surface area contributed by atoms with Gasteiger partial charge in [0.2, 0.25) is 0 Å². The minimum Gasteiger partial charge on any atom is -0.423 e. The zero-order chi connectivity index (χ0) is 16.0. The summed E-state index contributed by atoms with van der Waals surface area (Å²) < 4.78 is 6.27. The third-order valence-electron chi connectivity index (χ3n) is 4.11. The lowest BCUT2D eigenvalue weighted by Gasteiger charge is -2.03. The lowest BCUT2D eigenvalue weighted by atomic mass is 9.78. The van der Waals surface area contributed by atoms with Gasteiger partial charge in [-0.25, -0.2) is 4.98 Å². The number of hydrogen-bond donors (Lipinski definition) is 1. The molecular formula is C17H14BNO3S. The van der Waals surface area contributed by atoms with Crippen LogP contribution in [0, 0.1) is 6.92 Å². The molecule has 1 aliphatic heterocycles. The van der Waals surface area contributed by atoms with Crippen molar-refractivity contribution >= 4 is 39.9 Å². The third kappa shape index (κ3) is 2.59. The van der Waals surface area contributed by atoms with E-state index in [1.807, 2.05) is 31.2 Å². The number of Topliss-reactive ketones (excluding diaryl/α,β-unsaturated/α-hetero) is 1. The number of nitrogens with zero attached hydrogens (tertiary/aromatic N) is 1. The maximum atomic E-state index is 12.5. The Bertz CT molecular complexity index is 921. The molecule has 0 saturated heterocycles. The van der Waals surface area contributed by atoms with Crippen molar-refractivity contribution in [3.63, 3.8) is 0 Å². The van der Waals surface area contributed by atoms with Crippen molar-refractivity contribution in [2.24, 2.45) is 0 Å². The van der Waals surface area contributed by atoms with Crippen molar-refractivity contribution in [1.29, 1.82) is 0 Å². The molecule has 0 bridgehead atoms. The van der Waals surface area contributed by atoms with Crippen LogP contribution in [0.5, 0.6) is 0 Å². The zero-order valence-corrected chi connectivity index (χ0v) is 13.4. The maximum absolute atomic E-state index is 12.5. The number of fused-ring (bicyclic) bond motifs is 2. The Hall–Kier alpha value is -2.02. The van der Waals surface area contributed by atoms with Gasteiger partial charge in [0, 0.05) is 5.56 Å². The topological polar surface area (TPSA) is 59.4 Å². The molecule has 2 aromatic carbocycles. The predicted molar refractivity (Wildman–Crippen MR) is 91.2 cm³/mol. The van der Waals surface area contributed by atoms with Crippen molar-refractivity contribution in [2.45, 2.75) is 20.0 Å². The molecule has 2 heterocycles. The van der Waals surface area contributed by atoms with Crippen LogP contribution in [-0.4, -0.2) is 22.9 Å². The SMILES string of the molecule is Cc1cccc2sc(CC(=O)c3ccc4c(c3)B(O)OC4)nc12. The molecule has 1 aliphatic rings. The first-order valence-corrected chi connectivity index (χ1v) is 8.24. The van der Waals surface area contributed by atoms with E-state index in [9.17, 15) is 9.82 Å². The molecular weight excluding hydrogens is 309 g/mol. The van der Waals surface area contributed by atoms with E-state index in [4.69, 9.17) is 4.65 Å². The second kappa shape index (κ2) is 5.56. The van der Waals surface area contributed by atoms with E-state index < -0.39 is 7.12 Å². The maximum Gasteiger partial charge on any atom is 0.491 e. The van der Waals surface area contributed by atoms with Crippen molar-refractivity contribution in [3.05, 3.63) is 58.1 Å². The monoisotopic (exact) mass is 323 g/mol. The first-order chi connectivity index (χ1) is 11.1. The van der Waals surface area contributed by atoms with Crippen LogP contribution in [-0.2, 0) is 17.7 Å². The van der Waals surface area contributed by atoms with Gasteiger partial charge >= 0.3 is 7.12 Å². The summed E-state index contributed by atoms with van der Waals surface area (Å²) in [6, 6.07) is 11.4. The summed E-state index contributed by atoms with van der Waals surface area (Å²) in [6.07, 6.45) is 0.272. The van der Waals surface area contributed by atoms with Crippen molar-refractivity contribution in [2.75, 3.05) is 0 Å². The molecule has 114 valence electrons. The molecule has 23 heavy (non-hydrogen) atoms. The Labute approximate surface area is 137 Å². The third-order valence-corrected chi connectivity index (χ3v) is 5.13. The average molecular weight is 323 g/mol. The van der Waals surface area contributed by atoms with Crippen LogP contribution in [0.25, 0.3) is 10.2 Å². The summed E-state index contributed by atoms with van der Waals surface area (Å²) in [7, 11) is -0.928. The smallest absolute Gasteiger partial charge is 0.423 e. The highest BCUT2D eigenvalue weighted by molar-refractivity contribution is 7.18. The lowest BCUT2D eigenvalue weighted by molar-refractivity contribution is 0.0993. The van der Waals surface area contributed by atoms with Gasteiger partial charge in [-0.15, -0.1) is 11.3 Å². The van der Waals surface area contributed by atoms with Gasteiger partial charge in [-0.2, -0.15) is 0 Å². The molecule has 0 spiro atoms. The van der Waals surface area contributed by atoms with E-state index in [1.54, 1.807) is 23.5 Å². The summed E-state index contributed by atoms with van der Waals surface area (Å²) in [5.74, 6) is 0.00334. The molecule has 1 aromatic heterocycles. The van der Waals surface area contributed by atoms with E-state index in [0.29, 0.717) is 17.6 Å². The summed E-state index contributed by atoms with van der Waals surface area (Å²) in [5, 5.41) is 10.6. The van der Waals surface area contributed by atoms with E-state index in [1.165, 1.54) is 0 Å². The zero-order valence-electron chi connectivity index (χ0n) is 12.6. The van der Waals surface area contributed by atoms with Gasteiger partial charge in [-0.3, -0.25) is 4.79 Å². The first-order valence-electron chi connectivity index (χ1n) is 7.42. The number of carbonyl (C=O) groups excluding carboxylic acids is 1. The first kappa shape index (κ1) is 14.6. The van der Waals surface area contributed by atoms with E-state index in [-0.39, 0.29) is 12.2 Å². The molecule has 6 heteroatoms. The Morgan fingerprint density at radius 3 is 3.09 bits per heavy atom. The fraction of sp³-hybridized carbons (Fsp3) is 0.176. The van der Waals surface area contributed by atoms with Gasteiger partial charge in [0.05, 0.1) is 23.2 Å². The number of benzene rings is 2. The Kier molecular flexibility index (Phi) is 3.52. The number of hydrogen-bond acceptors (Lipinski definition) is 5. The minimum atomic E-state index is -0.928. The molecule has 4 rings (SSSR count). The van der Waals surface area contributed by atoms with E-state index in [0.717, 1.165) is 26.4 Å². The molecule has 1 N–H and O–H groups in total. The number of rotatable bonds is 3. The van der Waals surface area contributed by atoms with Crippen LogP contribution in [0.4, 0.5) is 0 Å². The van der Waals surface area contributed by atoms with Gasteiger partial charge in [-0.1, -0.05) is 30.3 Å². The molecule has 0 saturated carbocycles. The normalized spacial score (nSPS) is 13.6. The highest BCUT2D eigenvalue weighted by atomic mass is 32.1. The van der Waals surface area contributed by atoms with Crippen molar-refractivity contribution in [1.82, 2.24) is 4.98 Å². The van der Waals surface area contributed by atoms with Crippen LogP contribution < -0.4 is 5.46 Å². The second-order valence-corrected chi connectivity index (χ2v) is 6.82. The molecule has 3 aromatic rings. The van der Waals surface area contributed by atoms with E-state index >= 15 is 0 Å². The fourth-order valence-corrected chi connectivity index (χ4v) is 3.88. The summed E-state index contributed by atoms with van der Waals surface area (Å²) in [6.45, 7) is 2.41. The Balaban J connectivity index is 1.62. The van der Waals surface area contributed by atoms with Gasteiger partial charge < -0.3 is 9.68 Å². The number of aryl methyl sites for hydroxylation is 1. The molecule has 0 unspecified atom stereocenters. The second-order valence-electron chi connectivity index (χ2n) is 5.71. The standard InChI is InChI=1S/C17H14BNO3S/c1-10-3-2-4-15-17(10)19-16(23-15)8-14(20)11-5-6-12-9-22-18(21)13(12)7-11/h2-7,21H,8-9H2,1H3. The van der Waals surface area contributed by atoms with Crippen LogP contribution >= 0.6 is 11.3 Å². The van der Waals surface area contributed by atoms with Gasteiger partial charge in [-0.05, 0) is 29.6 Å². The van der Waals surface area contributed by atoms with Crippen LogP contribution in [0.1, 0.15) is 26.5 Å². The highest BCUT2D eigenvalue weighted by Crippen LogP contribution is 2.25. The van der Waals surface area contributed by atoms with Crippen LogP contribution in [0.15, 0.2) is 36.4 Å². The lowest BCUT2D eigenvalue weighted by Crippen LogP contribution is -2.28. The Morgan fingerprint density at radius 1 is 1.39 bits per heavy atom. The molecule has 0 aliphatic carbocycles. The minimum absolute atomic E-state index is 0.00334. The largest absolute Gasteiger partial charge is 0.491 e. The van der Waals surface area contributed by atoms with Gasteiger partial charge in [0.15, 0.2) is 5.78 Å². The summed E-state index contributed by atoms with van der Waals surface area (Å²) in [4.78, 5) is 17.1. The fourth-order valence-electron chi connectivity index (χ4n) is 2.84. The molecule has 0 atom stereocenters. The highest BCUT2D eigenvalue weighted by Gasteiger charge is 2.28. The number of aromatic nitrogens is 1. The molecule has 0 radical (unpaired) electrons. The molecule has 4 nitrogen and oxygen atoms in total. The Morgan fingerprint density at radius 2 is 2.26 bits per heavy atom.